The van der Waals surface area contributed by atoms with E-state index in [1.165, 1.54) is 0 Å². The Morgan fingerprint density at radius 2 is 1.12 bits per heavy atom. The molecule has 0 aromatic carbocycles. The van der Waals surface area contributed by atoms with Gasteiger partial charge in [0.05, 0.1) is 0 Å². The van der Waals surface area contributed by atoms with Gasteiger partial charge in [-0.3, -0.25) is 0 Å². The Kier molecular flexibility index (Phi) is 23.8. The fraction of sp³-hybridized carbons (Fsp3) is 0. The summed E-state index contributed by atoms with van der Waals surface area (Å²) >= 11 is 0. The monoisotopic (exact) mass is 166 g/mol. The fourth-order valence-electron chi connectivity index (χ4n) is 0. The smallest absolute Gasteiger partial charge is 2.00 e. The molecule has 0 heterocycles. The number of hydrogen-bond acceptors (Lipinski definition) is 4. The molecule has 0 aromatic heterocycles. The zero-order valence-corrected chi connectivity index (χ0v) is 6.44. The molecule has 0 unspecified atom stereocenters. The van der Waals surface area contributed by atoms with Crippen molar-refractivity contribution in [3.63, 3.8) is 0 Å². The number of hydrogen-bond donors (Lipinski definition) is 0. The SMILES string of the molecule is O=P([O-])([O-])[O-].[Li+].[O-2].[Ti+4]. The van der Waals surface area contributed by atoms with Crippen LogP contribution in [0.2, 0.25) is 0 Å². The van der Waals surface area contributed by atoms with Gasteiger partial charge >= 0.3 is 40.6 Å². The summed E-state index contributed by atoms with van der Waals surface area (Å²) in [6.45, 7) is 0. The van der Waals surface area contributed by atoms with Gasteiger partial charge in [-0.15, -0.1) is 0 Å². The standard InChI is InChI=1S/Li.H3O4P.O.Ti/c;1-5(2,3)4;;/h;(H3,1,2,3,4);;/q+1;;-2;+4/p-3. The zero-order chi connectivity index (χ0) is 4.50. The van der Waals surface area contributed by atoms with Gasteiger partial charge in [0.15, 0.2) is 0 Å². The molecule has 5 nitrogen and oxygen atoms in total. The molecule has 0 aromatic rings. The molecule has 0 bridgehead atoms. The molecule has 0 amide bonds. The Bertz CT molecular complexity index is 58.6. The summed E-state index contributed by atoms with van der Waals surface area (Å²) in [5.41, 5.74) is 0. The fourth-order valence-corrected chi connectivity index (χ4v) is 0. The molecule has 0 aliphatic carbocycles. The van der Waals surface area contributed by atoms with Gasteiger partial charge in [-0.1, -0.05) is 0 Å². The van der Waals surface area contributed by atoms with Gasteiger partial charge in [-0.2, -0.15) is 7.82 Å². The van der Waals surface area contributed by atoms with Crippen LogP contribution < -0.4 is 33.5 Å². The molecule has 0 saturated heterocycles. The normalized spacial score (nSPS) is 7.38. The molecule has 0 saturated carbocycles. The minimum Gasteiger partial charge on any atom is -2.00 e. The van der Waals surface area contributed by atoms with E-state index in [0.29, 0.717) is 0 Å². The molecule has 0 fully saturated rings. The molecule has 0 aliphatic rings. The minimum absolute atomic E-state index is 0. The van der Waals surface area contributed by atoms with Crippen LogP contribution >= 0.6 is 7.82 Å². The molecule has 0 rings (SSSR count). The van der Waals surface area contributed by atoms with Crippen LogP contribution in [-0.2, 0) is 31.8 Å². The largest absolute Gasteiger partial charge is 4.00 e. The number of phosphoric acid groups is 1. The van der Waals surface area contributed by atoms with Crippen molar-refractivity contribution in [2.45, 2.75) is 0 Å². The van der Waals surface area contributed by atoms with Gasteiger partial charge in [0.25, 0.3) is 0 Å². The quantitative estimate of drug-likeness (QED) is 0.263. The van der Waals surface area contributed by atoms with E-state index in [2.05, 4.69) is 0 Å². The average molecular weight is 166 g/mol. The van der Waals surface area contributed by atoms with Crippen LogP contribution in [-0.4, -0.2) is 0 Å². The van der Waals surface area contributed by atoms with E-state index in [4.69, 9.17) is 19.2 Å². The van der Waals surface area contributed by atoms with Crippen molar-refractivity contribution in [2.75, 3.05) is 0 Å². The Morgan fingerprint density at radius 3 is 1.12 bits per heavy atom. The van der Waals surface area contributed by atoms with E-state index >= 15 is 0 Å². The van der Waals surface area contributed by atoms with Gasteiger partial charge in [0.2, 0.25) is 0 Å². The first kappa shape index (κ1) is 22.8. The summed E-state index contributed by atoms with van der Waals surface area (Å²) in [6.07, 6.45) is 0. The first-order valence-electron chi connectivity index (χ1n) is 0.730. The summed E-state index contributed by atoms with van der Waals surface area (Å²) < 4.78 is 8.55. The summed E-state index contributed by atoms with van der Waals surface area (Å²) in [7, 11) is -5.39. The second kappa shape index (κ2) is 8.38. The van der Waals surface area contributed by atoms with Gasteiger partial charge in [0, 0.05) is 0 Å². The van der Waals surface area contributed by atoms with Gasteiger partial charge < -0.3 is 24.7 Å². The van der Waals surface area contributed by atoms with Gasteiger partial charge in [0.1, 0.15) is 0 Å². The van der Waals surface area contributed by atoms with Crippen LogP contribution in [0.4, 0.5) is 0 Å². The van der Waals surface area contributed by atoms with E-state index < -0.39 is 7.82 Å². The van der Waals surface area contributed by atoms with Crippen molar-refractivity contribution in [1.82, 2.24) is 0 Å². The van der Waals surface area contributed by atoms with E-state index in [1.54, 1.807) is 0 Å². The van der Waals surface area contributed by atoms with Crippen LogP contribution in [0.15, 0.2) is 0 Å². The molecule has 8 heavy (non-hydrogen) atoms. The Labute approximate surface area is 73.1 Å². The first-order valence-corrected chi connectivity index (χ1v) is 2.19. The zero-order valence-electron chi connectivity index (χ0n) is 3.99. The predicted molar refractivity (Wildman–Crippen MR) is 8.29 cm³/mol. The van der Waals surface area contributed by atoms with Gasteiger partial charge in [-0.25, -0.2) is 0 Å². The van der Waals surface area contributed by atoms with Crippen molar-refractivity contribution in [3.8, 4) is 0 Å². The van der Waals surface area contributed by atoms with E-state index in [9.17, 15) is 0 Å². The second-order valence-corrected chi connectivity index (χ2v) is 1.34. The third-order valence-electron chi connectivity index (χ3n) is 0. The minimum atomic E-state index is -5.39. The van der Waals surface area contributed by atoms with Crippen molar-refractivity contribution in [3.05, 3.63) is 0 Å². The molecular weight excluding hydrogens is 166 g/mol. The van der Waals surface area contributed by atoms with E-state index in [-0.39, 0.29) is 46.1 Å². The third kappa shape index (κ3) is 157. The molecule has 0 radical (unpaired) electrons. The molecular formula is LiO5PTi. The van der Waals surface area contributed by atoms with Crippen LogP contribution in [0.5, 0.6) is 0 Å². The topological polar surface area (TPSA) is 115 Å². The first-order chi connectivity index (χ1) is 2.00. The summed E-state index contributed by atoms with van der Waals surface area (Å²) in [5.74, 6) is 0. The average Bonchev–Trinajstić information content (AvgIpc) is 0.722. The van der Waals surface area contributed by atoms with E-state index in [0.717, 1.165) is 0 Å². The maximum Gasteiger partial charge on any atom is 4.00 e. The molecule has 0 atom stereocenters. The Morgan fingerprint density at radius 1 is 1.12 bits per heavy atom. The van der Waals surface area contributed by atoms with Crippen LogP contribution in [0.1, 0.15) is 0 Å². The summed E-state index contributed by atoms with van der Waals surface area (Å²) in [6, 6.07) is 0. The van der Waals surface area contributed by atoms with Gasteiger partial charge in [-0.05, 0) is 0 Å². The molecule has 0 N–H and O–H groups in total. The van der Waals surface area contributed by atoms with Crippen molar-refractivity contribution >= 4 is 7.82 Å². The van der Waals surface area contributed by atoms with E-state index in [1.807, 2.05) is 0 Å². The summed E-state index contributed by atoms with van der Waals surface area (Å²) in [5, 5.41) is 0. The maximum absolute atomic E-state index is 8.55. The third-order valence-corrected chi connectivity index (χ3v) is 0. The predicted octanol–water partition coefficient (Wildman–Crippen LogP) is -5.94. The molecule has 0 aliphatic heterocycles. The molecule has 40 valence electrons. The van der Waals surface area contributed by atoms with Crippen molar-refractivity contribution in [2.24, 2.45) is 0 Å². The summed E-state index contributed by atoms with van der Waals surface area (Å²) in [4.78, 5) is 25.6. The Hall–Kier alpha value is 1.38. The van der Waals surface area contributed by atoms with Crippen LogP contribution in [0, 0.1) is 0 Å². The maximum atomic E-state index is 8.55. The van der Waals surface area contributed by atoms with Crippen molar-refractivity contribution < 1.29 is 65.3 Å². The van der Waals surface area contributed by atoms with Crippen molar-refractivity contribution in [1.29, 1.82) is 0 Å². The molecule has 8 heteroatoms. The Balaban J connectivity index is -0.0000000267. The van der Waals surface area contributed by atoms with Crippen LogP contribution in [0.25, 0.3) is 0 Å². The molecule has 0 spiro atoms. The number of rotatable bonds is 0. The second-order valence-electron chi connectivity index (χ2n) is 0.447. The van der Waals surface area contributed by atoms with Crippen LogP contribution in [0.3, 0.4) is 0 Å².